The zero-order valence-corrected chi connectivity index (χ0v) is 16.4. The van der Waals surface area contributed by atoms with Crippen molar-refractivity contribution in [3.05, 3.63) is 16.7 Å². The predicted octanol–water partition coefficient (Wildman–Crippen LogP) is 4.12. The van der Waals surface area contributed by atoms with Gasteiger partial charge in [0, 0.05) is 17.4 Å². The van der Waals surface area contributed by atoms with E-state index >= 15 is 0 Å². The van der Waals surface area contributed by atoms with E-state index in [9.17, 15) is 19.8 Å². The van der Waals surface area contributed by atoms with Gasteiger partial charge in [-0.05, 0) is 42.9 Å². The number of ether oxygens (including phenoxy) is 1. The summed E-state index contributed by atoms with van der Waals surface area (Å²) in [6.07, 6.45) is 3.35. The van der Waals surface area contributed by atoms with Crippen LogP contribution in [-0.4, -0.2) is 28.4 Å². The first kappa shape index (κ1) is 18.3. The van der Waals surface area contributed by atoms with Gasteiger partial charge in [0.05, 0.1) is 5.56 Å². The van der Waals surface area contributed by atoms with E-state index in [2.05, 4.69) is 13.8 Å². The molecule has 0 amide bonds. The number of phenols is 2. The van der Waals surface area contributed by atoms with Crippen molar-refractivity contribution < 1.29 is 24.5 Å². The lowest BCUT2D eigenvalue weighted by Crippen LogP contribution is -2.61. The van der Waals surface area contributed by atoms with Crippen molar-refractivity contribution in [1.82, 2.24) is 0 Å². The van der Waals surface area contributed by atoms with Gasteiger partial charge in [0.2, 0.25) is 0 Å². The number of rotatable bonds is 4. The lowest BCUT2D eigenvalue weighted by molar-refractivity contribution is -0.154. The Kier molecular flexibility index (Phi) is 4.06. The van der Waals surface area contributed by atoms with Crippen LogP contribution >= 0.6 is 0 Å². The summed E-state index contributed by atoms with van der Waals surface area (Å²) in [7, 11) is 0. The highest BCUT2D eigenvalue weighted by molar-refractivity contribution is 6.05. The summed E-state index contributed by atoms with van der Waals surface area (Å²) in [4.78, 5) is 24.4. The maximum absolute atomic E-state index is 12.9. The molecule has 1 aromatic rings. The topological polar surface area (TPSA) is 83.8 Å². The summed E-state index contributed by atoms with van der Waals surface area (Å²) in [5.74, 6) is 1.16. The summed E-state index contributed by atoms with van der Waals surface area (Å²) in [5, 5.41) is 21.3. The summed E-state index contributed by atoms with van der Waals surface area (Å²) < 4.78 is 6.40. The zero-order valence-electron chi connectivity index (χ0n) is 16.4. The molecule has 146 valence electrons. The van der Waals surface area contributed by atoms with Crippen molar-refractivity contribution >= 4 is 12.1 Å². The summed E-state index contributed by atoms with van der Waals surface area (Å²) in [6.45, 7) is 8.29. The first-order chi connectivity index (χ1) is 12.7. The van der Waals surface area contributed by atoms with Crippen LogP contribution in [0.3, 0.4) is 0 Å². The lowest BCUT2D eigenvalue weighted by atomic mass is 9.47. The first-order valence-electron chi connectivity index (χ1n) is 9.93. The zero-order chi connectivity index (χ0) is 19.7. The Bertz CT molecular complexity index is 827. The number of hydrogen-bond acceptors (Lipinski definition) is 5. The van der Waals surface area contributed by atoms with Crippen LogP contribution in [0.15, 0.2) is 0 Å². The van der Waals surface area contributed by atoms with Gasteiger partial charge in [0.25, 0.3) is 0 Å². The minimum atomic E-state index is -0.453. The molecule has 2 N–H and O–H groups in total. The van der Waals surface area contributed by atoms with Crippen molar-refractivity contribution in [3.8, 4) is 17.2 Å². The minimum absolute atomic E-state index is 0.0310. The number of phenolic OH excluding ortho intramolecular Hbond substituents is 2. The molecule has 0 spiro atoms. The Morgan fingerprint density at radius 3 is 2.63 bits per heavy atom. The van der Waals surface area contributed by atoms with Crippen LogP contribution in [0.1, 0.15) is 73.2 Å². The fourth-order valence-electron chi connectivity index (χ4n) is 5.68. The number of benzene rings is 1. The van der Waals surface area contributed by atoms with Crippen LogP contribution in [0.5, 0.6) is 17.2 Å². The molecule has 5 nitrogen and oxygen atoms in total. The SMILES string of the molecule is CC(C)CC(=O)c1c(O)c(C=O)c(O)c2c1O[C@@H]1[C@@H]3C[C@H](C[C@]1(C)C2)C3C. The molecule has 5 heteroatoms. The molecule has 1 aliphatic heterocycles. The van der Waals surface area contributed by atoms with Gasteiger partial charge in [-0.3, -0.25) is 9.59 Å². The number of aromatic hydroxyl groups is 2. The Hall–Kier alpha value is -2.04. The summed E-state index contributed by atoms with van der Waals surface area (Å²) in [6, 6.07) is 0. The highest BCUT2D eigenvalue weighted by Crippen LogP contribution is 2.62. The van der Waals surface area contributed by atoms with Crippen molar-refractivity contribution in [2.45, 2.75) is 59.5 Å². The second kappa shape index (κ2) is 5.98. The molecular formula is C22H28O5. The van der Waals surface area contributed by atoms with Crippen LogP contribution in [0.25, 0.3) is 0 Å². The molecule has 5 atom stereocenters. The van der Waals surface area contributed by atoms with Crippen molar-refractivity contribution in [3.63, 3.8) is 0 Å². The number of carbonyl (C=O) groups is 2. The van der Waals surface area contributed by atoms with Crippen molar-refractivity contribution in [2.24, 2.45) is 29.1 Å². The molecule has 1 heterocycles. The highest BCUT2D eigenvalue weighted by atomic mass is 16.5. The maximum Gasteiger partial charge on any atom is 0.170 e. The van der Waals surface area contributed by atoms with Gasteiger partial charge in [-0.1, -0.05) is 27.7 Å². The second-order valence-electron chi connectivity index (χ2n) is 9.52. The smallest absolute Gasteiger partial charge is 0.170 e. The number of carbonyl (C=O) groups excluding carboxylic acids is 2. The van der Waals surface area contributed by atoms with E-state index in [0.717, 1.165) is 12.8 Å². The van der Waals surface area contributed by atoms with E-state index in [1.807, 2.05) is 13.8 Å². The number of Topliss-reactive ketones (excluding diaryl/α,β-unsaturated/α-hetero) is 1. The average molecular weight is 372 g/mol. The molecule has 3 aliphatic carbocycles. The van der Waals surface area contributed by atoms with E-state index in [4.69, 9.17) is 4.74 Å². The van der Waals surface area contributed by atoms with Gasteiger partial charge < -0.3 is 14.9 Å². The lowest BCUT2D eigenvalue weighted by Gasteiger charge is -2.61. The molecule has 1 unspecified atom stereocenters. The Balaban J connectivity index is 1.87. The normalized spacial score (nSPS) is 33.5. The maximum atomic E-state index is 12.9. The second-order valence-corrected chi connectivity index (χ2v) is 9.52. The minimum Gasteiger partial charge on any atom is -0.507 e. The van der Waals surface area contributed by atoms with E-state index in [0.29, 0.717) is 41.8 Å². The average Bonchev–Trinajstić information content (AvgIpc) is 2.59. The monoisotopic (exact) mass is 372 g/mol. The molecular weight excluding hydrogens is 344 g/mol. The quantitative estimate of drug-likeness (QED) is 0.613. The van der Waals surface area contributed by atoms with Crippen LogP contribution in [-0.2, 0) is 6.42 Å². The standard InChI is InChI=1S/C22H28O5/c1-10(2)5-16(24)17-19(26)15(9-23)18(25)14-8-22(4)7-12-6-13(11(12)3)21(22)27-20(14)17/h9-13,21,25-26H,5-8H2,1-4H3/t11?,12-,13-,21-,22-/m1/s1. The number of ketones is 1. The number of aldehydes is 1. The van der Waals surface area contributed by atoms with Gasteiger partial charge in [0.15, 0.2) is 12.1 Å². The van der Waals surface area contributed by atoms with E-state index in [1.165, 1.54) is 0 Å². The van der Waals surface area contributed by atoms with Crippen molar-refractivity contribution in [1.29, 1.82) is 0 Å². The van der Waals surface area contributed by atoms with Crippen LogP contribution in [0, 0.1) is 29.1 Å². The predicted molar refractivity (Wildman–Crippen MR) is 101 cm³/mol. The fourth-order valence-corrected chi connectivity index (χ4v) is 5.68. The molecule has 5 rings (SSSR count). The van der Waals surface area contributed by atoms with E-state index in [-0.39, 0.29) is 46.5 Å². The molecule has 3 saturated carbocycles. The fraction of sp³-hybridized carbons (Fsp3) is 0.636. The molecule has 0 aromatic heterocycles. The third kappa shape index (κ3) is 2.50. The summed E-state index contributed by atoms with van der Waals surface area (Å²) in [5.41, 5.74) is 0.227. The van der Waals surface area contributed by atoms with Gasteiger partial charge in [0.1, 0.15) is 28.9 Å². The first-order valence-corrected chi connectivity index (χ1v) is 9.93. The van der Waals surface area contributed by atoms with Crippen molar-refractivity contribution in [2.75, 3.05) is 0 Å². The van der Waals surface area contributed by atoms with Gasteiger partial charge in [-0.15, -0.1) is 0 Å². The molecule has 1 aromatic carbocycles. The molecule has 3 fully saturated rings. The molecule has 27 heavy (non-hydrogen) atoms. The molecule has 4 aliphatic rings. The molecule has 0 radical (unpaired) electrons. The molecule has 0 saturated heterocycles. The third-order valence-corrected chi connectivity index (χ3v) is 7.15. The van der Waals surface area contributed by atoms with Gasteiger partial charge >= 0.3 is 0 Å². The van der Waals surface area contributed by atoms with Gasteiger partial charge in [-0.2, -0.15) is 0 Å². The Morgan fingerprint density at radius 2 is 2.04 bits per heavy atom. The summed E-state index contributed by atoms with van der Waals surface area (Å²) >= 11 is 0. The number of hydrogen-bond donors (Lipinski definition) is 2. The van der Waals surface area contributed by atoms with Gasteiger partial charge in [-0.25, -0.2) is 0 Å². The largest absolute Gasteiger partial charge is 0.507 e. The third-order valence-electron chi connectivity index (χ3n) is 7.15. The van der Waals surface area contributed by atoms with Crippen LogP contribution in [0.4, 0.5) is 0 Å². The van der Waals surface area contributed by atoms with Crippen LogP contribution < -0.4 is 4.74 Å². The highest BCUT2D eigenvalue weighted by Gasteiger charge is 2.59. The Labute approximate surface area is 159 Å². The number of fused-ring (bicyclic) bond motifs is 1. The molecule has 2 bridgehead atoms. The van der Waals surface area contributed by atoms with E-state index < -0.39 is 5.75 Å². The van der Waals surface area contributed by atoms with E-state index in [1.54, 1.807) is 0 Å². The Morgan fingerprint density at radius 1 is 1.33 bits per heavy atom. The van der Waals surface area contributed by atoms with Crippen LogP contribution in [0.2, 0.25) is 0 Å².